The van der Waals surface area contributed by atoms with Crippen molar-refractivity contribution in [2.45, 2.75) is 65.6 Å². The maximum Gasteiger partial charge on any atom is 0.101 e. The predicted octanol–water partition coefficient (Wildman–Crippen LogP) is 3.92. The van der Waals surface area contributed by atoms with Crippen molar-refractivity contribution in [3.63, 3.8) is 0 Å². The van der Waals surface area contributed by atoms with Crippen molar-refractivity contribution in [2.75, 3.05) is 0 Å². The molecule has 92 valence electrons. The molecule has 2 aliphatic rings. The van der Waals surface area contributed by atoms with Crippen molar-refractivity contribution < 1.29 is 0 Å². The summed E-state index contributed by atoms with van der Waals surface area (Å²) in [5, 5.41) is 0. The Balaban J connectivity index is 2.20. The van der Waals surface area contributed by atoms with E-state index < -0.39 is 0 Å². The zero-order valence-corrected chi connectivity index (χ0v) is 11.8. The summed E-state index contributed by atoms with van der Waals surface area (Å²) in [6, 6.07) is 0. The molecule has 16 heavy (non-hydrogen) atoms. The van der Waals surface area contributed by atoms with E-state index in [1.807, 2.05) is 0 Å². The molecule has 2 saturated carbocycles. The Bertz CT molecular complexity index is 234. The quantitative estimate of drug-likeness (QED) is 0.619. The van der Waals surface area contributed by atoms with Gasteiger partial charge < -0.3 is 0 Å². The molecular formula is C15H29B. The third-order valence-electron chi connectivity index (χ3n) is 5.92. The van der Waals surface area contributed by atoms with Crippen LogP contribution in [0.1, 0.15) is 59.3 Å². The Labute approximate surface area is 103 Å². The van der Waals surface area contributed by atoms with Gasteiger partial charge in [0.15, 0.2) is 0 Å². The van der Waals surface area contributed by atoms with Gasteiger partial charge >= 0.3 is 0 Å². The second kappa shape index (κ2) is 4.74. The molecule has 4 atom stereocenters. The van der Waals surface area contributed by atoms with Crippen LogP contribution in [-0.4, -0.2) is 7.85 Å². The van der Waals surface area contributed by atoms with Crippen LogP contribution in [0, 0.1) is 29.1 Å². The molecule has 2 rings (SSSR count). The summed E-state index contributed by atoms with van der Waals surface area (Å²) >= 11 is 0. The Morgan fingerprint density at radius 2 is 1.88 bits per heavy atom. The molecule has 0 aliphatic heterocycles. The standard InChI is InChI=1S/C15H29B/c1-11-7-8-12(9-10-16)15(2,3)14-6-4-5-13(11)14/h11-14H,4-10,16H2,1-3H3. The SMILES string of the molecule is BCCC1CCC(C)C2CCCC2C1(C)C. The molecule has 0 saturated heterocycles. The highest BCUT2D eigenvalue weighted by Crippen LogP contribution is 2.55. The molecule has 2 aliphatic carbocycles. The first-order valence-corrected chi connectivity index (χ1v) is 7.57. The fourth-order valence-electron chi connectivity index (χ4n) is 4.81. The van der Waals surface area contributed by atoms with Gasteiger partial charge in [0.1, 0.15) is 7.85 Å². The molecule has 2 fully saturated rings. The lowest BCUT2D eigenvalue weighted by molar-refractivity contribution is 0.0876. The van der Waals surface area contributed by atoms with Gasteiger partial charge in [-0.3, -0.25) is 0 Å². The van der Waals surface area contributed by atoms with Crippen LogP contribution in [0.15, 0.2) is 0 Å². The molecule has 0 heterocycles. The van der Waals surface area contributed by atoms with Crippen LogP contribution < -0.4 is 0 Å². The lowest BCUT2D eigenvalue weighted by atomic mass is 9.64. The molecule has 0 aromatic carbocycles. The van der Waals surface area contributed by atoms with E-state index in [1.54, 1.807) is 0 Å². The lowest BCUT2D eigenvalue weighted by Crippen LogP contribution is -2.33. The minimum Gasteiger partial charge on any atom is -0.0808 e. The average Bonchev–Trinajstić information content (AvgIpc) is 2.69. The molecule has 1 heteroatoms. The van der Waals surface area contributed by atoms with E-state index in [0.717, 1.165) is 23.7 Å². The van der Waals surface area contributed by atoms with Gasteiger partial charge in [0, 0.05) is 0 Å². The Morgan fingerprint density at radius 3 is 2.56 bits per heavy atom. The summed E-state index contributed by atoms with van der Waals surface area (Å²) in [6.07, 6.45) is 10.4. The minimum atomic E-state index is 0.613. The second-order valence-electron chi connectivity index (χ2n) is 7.06. The molecule has 4 unspecified atom stereocenters. The number of rotatable bonds is 2. The van der Waals surface area contributed by atoms with Gasteiger partial charge in [-0.25, -0.2) is 0 Å². The average molecular weight is 220 g/mol. The van der Waals surface area contributed by atoms with Crippen molar-refractivity contribution in [1.29, 1.82) is 0 Å². The van der Waals surface area contributed by atoms with Crippen molar-refractivity contribution in [2.24, 2.45) is 29.1 Å². The molecule has 0 aromatic heterocycles. The zero-order valence-electron chi connectivity index (χ0n) is 11.8. The highest BCUT2D eigenvalue weighted by Gasteiger charge is 2.46. The summed E-state index contributed by atoms with van der Waals surface area (Å²) in [5.74, 6) is 4.07. The van der Waals surface area contributed by atoms with Crippen molar-refractivity contribution >= 4 is 7.85 Å². The monoisotopic (exact) mass is 220 g/mol. The fraction of sp³-hybridized carbons (Fsp3) is 1.00. The molecule has 0 aromatic rings. The van der Waals surface area contributed by atoms with Gasteiger partial charge in [-0.15, -0.1) is 0 Å². The summed E-state index contributed by atoms with van der Waals surface area (Å²) in [6.45, 7) is 7.68. The van der Waals surface area contributed by atoms with E-state index in [2.05, 4.69) is 28.6 Å². The van der Waals surface area contributed by atoms with E-state index >= 15 is 0 Å². The van der Waals surface area contributed by atoms with Crippen molar-refractivity contribution in [3.05, 3.63) is 0 Å². The van der Waals surface area contributed by atoms with Crippen LogP contribution in [0.3, 0.4) is 0 Å². The van der Waals surface area contributed by atoms with E-state index in [4.69, 9.17) is 0 Å². The number of hydrogen-bond acceptors (Lipinski definition) is 0. The highest BCUT2D eigenvalue weighted by atomic mass is 14.5. The van der Waals surface area contributed by atoms with Gasteiger partial charge in [-0.05, 0) is 48.3 Å². The van der Waals surface area contributed by atoms with Crippen LogP contribution in [0.25, 0.3) is 0 Å². The first-order valence-electron chi connectivity index (χ1n) is 7.57. The fourth-order valence-corrected chi connectivity index (χ4v) is 4.81. The van der Waals surface area contributed by atoms with Crippen LogP contribution in [0.4, 0.5) is 0 Å². The first-order chi connectivity index (χ1) is 7.57. The van der Waals surface area contributed by atoms with Gasteiger partial charge in [-0.2, -0.15) is 0 Å². The zero-order chi connectivity index (χ0) is 11.8. The molecular weight excluding hydrogens is 191 g/mol. The highest BCUT2D eigenvalue weighted by molar-refractivity contribution is 6.08. The summed E-state index contributed by atoms with van der Waals surface area (Å²) in [7, 11) is 2.36. The minimum absolute atomic E-state index is 0.613. The molecule has 0 radical (unpaired) electrons. The molecule has 0 spiro atoms. The summed E-state index contributed by atoms with van der Waals surface area (Å²) in [4.78, 5) is 0. The van der Waals surface area contributed by atoms with Crippen molar-refractivity contribution in [1.82, 2.24) is 0 Å². The topological polar surface area (TPSA) is 0 Å². The summed E-state index contributed by atoms with van der Waals surface area (Å²) < 4.78 is 0. The Morgan fingerprint density at radius 1 is 1.12 bits per heavy atom. The number of hydrogen-bond donors (Lipinski definition) is 0. The van der Waals surface area contributed by atoms with E-state index in [9.17, 15) is 0 Å². The smallest absolute Gasteiger partial charge is 0.0808 e. The molecule has 0 amide bonds. The Hall–Kier alpha value is 0.0649. The predicted molar refractivity (Wildman–Crippen MR) is 74.5 cm³/mol. The summed E-state index contributed by atoms with van der Waals surface area (Å²) in [5.41, 5.74) is 0.613. The normalized spacial score (nSPS) is 42.7. The van der Waals surface area contributed by atoms with Gasteiger partial charge in [0.05, 0.1) is 0 Å². The number of fused-ring (bicyclic) bond motifs is 1. The first kappa shape index (κ1) is 12.5. The van der Waals surface area contributed by atoms with Crippen LogP contribution in [0.2, 0.25) is 6.32 Å². The molecule has 0 bridgehead atoms. The van der Waals surface area contributed by atoms with Crippen molar-refractivity contribution in [3.8, 4) is 0 Å². The maximum atomic E-state index is 2.58. The maximum absolute atomic E-state index is 2.58. The Kier molecular flexibility index (Phi) is 3.71. The second-order valence-corrected chi connectivity index (χ2v) is 7.06. The third-order valence-corrected chi connectivity index (χ3v) is 5.92. The van der Waals surface area contributed by atoms with E-state index in [1.165, 1.54) is 44.8 Å². The van der Waals surface area contributed by atoms with Gasteiger partial charge in [0.25, 0.3) is 0 Å². The largest absolute Gasteiger partial charge is 0.101 e. The lowest BCUT2D eigenvalue weighted by Gasteiger charge is -2.40. The van der Waals surface area contributed by atoms with Gasteiger partial charge in [-0.1, -0.05) is 46.4 Å². The van der Waals surface area contributed by atoms with E-state index in [-0.39, 0.29) is 0 Å². The van der Waals surface area contributed by atoms with Crippen LogP contribution in [0.5, 0.6) is 0 Å². The van der Waals surface area contributed by atoms with Crippen LogP contribution in [-0.2, 0) is 0 Å². The molecule has 0 N–H and O–H groups in total. The third kappa shape index (κ3) is 2.07. The van der Waals surface area contributed by atoms with E-state index in [0.29, 0.717) is 5.41 Å². The van der Waals surface area contributed by atoms with Crippen LogP contribution >= 0.6 is 0 Å². The molecule has 0 nitrogen and oxygen atoms in total. The van der Waals surface area contributed by atoms with Gasteiger partial charge in [0.2, 0.25) is 0 Å².